The minimum absolute atomic E-state index is 0.387. The topological polar surface area (TPSA) is 20.3 Å². The van der Waals surface area contributed by atoms with Gasteiger partial charge in [0, 0.05) is 18.4 Å². The molecule has 1 saturated carbocycles. The molecule has 2 heteroatoms. The molecule has 2 unspecified atom stereocenters. The third kappa shape index (κ3) is 1.28. The second-order valence-electron chi connectivity index (χ2n) is 4.16. The number of carbonyl (C=O) groups is 1. The molecule has 1 aliphatic carbocycles. The van der Waals surface area contributed by atoms with Crippen molar-refractivity contribution in [3.05, 3.63) is 0 Å². The lowest BCUT2D eigenvalue weighted by molar-refractivity contribution is -0.122. The Morgan fingerprint density at radius 2 is 2.17 bits per heavy atom. The lowest BCUT2D eigenvalue weighted by Crippen LogP contribution is -2.34. The fourth-order valence-corrected chi connectivity index (χ4v) is 2.69. The fourth-order valence-electron chi connectivity index (χ4n) is 2.69. The molecule has 0 aromatic rings. The summed E-state index contributed by atoms with van der Waals surface area (Å²) < 4.78 is 0. The van der Waals surface area contributed by atoms with E-state index in [-0.39, 0.29) is 0 Å². The van der Waals surface area contributed by atoms with Crippen LogP contribution in [0.3, 0.4) is 0 Å². The Hall–Kier alpha value is -0.370. The van der Waals surface area contributed by atoms with E-state index in [1.165, 1.54) is 19.4 Å². The van der Waals surface area contributed by atoms with Gasteiger partial charge in [0.15, 0.2) is 0 Å². The summed E-state index contributed by atoms with van der Waals surface area (Å²) in [5.41, 5.74) is 0. The minimum Gasteiger partial charge on any atom is -0.303 e. The fraction of sp³-hybridized carbons (Fsp3) is 0.900. The van der Waals surface area contributed by atoms with Crippen molar-refractivity contribution in [1.82, 2.24) is 4.90 Å². The first-order valence-corrected chi connectivity index (χ1v) is 5.02. The standard InChI is InChI=1S/C10H17NO/c1-11-7-3-5-9(11)8-4-2-6-10(8)12/h8-9H,2-7H2,1H3. The van der Waals surface area contributed by atoms with Gasteiger partial charge in [0.25, 0.3) is 0 Å². The van der Waals surface area contributed by atoms with Crippen LogP contribution in [0.5, 0.6) is 0 Å². The van der Waals surface area contributed by atoms with Crippen LogP contribution in [0.15, 0.2) is 0 Å². The molecule has 68 valence electrons. The Labute approximate surface area is 73.9 Å². The van der Waals surface area contributed by atoms with Gasteiger partial charge in [-0.1, -0.05) is 0 Å². The summed E-state index contributed by atoms with van der Waals surface area (Å²) in [6.07, 6.45) is 5.65. The molecule has 2 rings (SSSR count). The van der Waals surface area contributed by atoms with Crippen LogP contribution in [0, 0.1) is 5.92 Å². The predicted octanol–water partition coefficient (Wildman–Crippen LogP) is 1.45. The average molecular weight is 167 g/mol. The summed E-state index contributed by atoms with van der Waals surface area (Å²) in [5, 5.41) is 0. The lowest BCUT2D eigenvalue weighted by Gasteiger charge is -2.24. The van der Waals surface area contributed by atoms with Gasteiger partial charge < -0.3 is 4.90 Å². The molecule has 1 aliphatic heterocycles. The molecule has 0 bridgehead atoms. The Bertz CT molecular complexity index is 190. The van der Waals surface area contributed by atoms with Gasteiger partial charge in [0.2, 0.25) is 0 Å². The number of hydrogen-bond donors (Lipinski definition) is 0. The summed E-state index contributed by atoms with van der Waals surface area (Å²) in [6.45, 7) is 1.19. The van der Waals surface area contributed by atoms with Crippen LogP contribution in [-0.2, 0) is 4.79 Å². The van der Waals surface area contributed by atoms with Crippen LogP contribution in [0.4, 0.5) is 0 Å². The first kappa shape index (κ1) is 8.24. The van der Waals surface area contributed by atoms with Gasteiger partial charge >= 0.3 is 0 Å². The van der Waals surface area contributed by atoms with Crippen LogP contribution in [0.2, 0.25) is 0 Å². The zero-order valence-electron chi connectivity index (χ0n) is 7.75. The monoisotopic (exact) mass is 167 g/mol. The molecule has 0 amide bonds. The quantitative estimate of drug-likeness (QED) is 0.589. The van der Waals surface area contributed by atoms with Crippen LogP contribution in [0.25, 0.3) is 0 Å². The molecule has 0 spiro atoms. The van der Waals surface area contributed by atoms with E-state index in [2.05, 4.69) is 11.9 Å². The number of nitrogens with zero attached hydrogens (tertiary/aromatic N) is 1. The van der Waals surface area contributed by atoms with Gasteiger partial charge in [0.1, 0.15) is 5.78 Å². The van der Waals surface area contributed by atoms with Gasteiger partial charge in [-0.25, -0.2) is 0 Å². The van der Waals surface area contributed by atoms with Crippen molar-refractivity contribution < 1.29 is 4.79 Å². The molecular weight excluding hydrogens is 150 g/mol. The summed E-state index contributed by atoms with van der Waals surface area (Å²) in [7, 11) is 2.16. The first-order chi connectivity index (χ1) is 5.79. The molecule has 2 nitrogen and oxygen atoms in total. The number of carbonyl (C=O) groups excluding carboxylic acids is 1. The van der Waals surface area contributed by atoms with E-state index >= 15 is 0 Å². The third-order valence-electron chi connectivity index (χ3n) is 3.39. The maximum Gasteiger partial charge on any atom is 0.137 e. The van der Waals surface area contributed by atoms with Gasteiger partial charge in [-0.3, -0.25) is 4.79 Å². The van der Waals surface area contributed by atoms with Crippen molar-refractivity contribution in [2.75, 3.05) is 13.6 Å². The Morgan fingerprint density at radius 3 is 2.67 bits per heavy atom. The van der Waals surface area contributed by atoms with Crippen molar-refractivity contribution in [1.29, 1.82) is 0 Å². The normalized spacial score (nSPS) is 37.9. The molecule has 12 heavy (non-hydrogen) atoms. The third-order valence-corrected chi connectivity index (χ3v) is 3.39. The number of hydrogen-bond acceptors (Lipinski definition) is 2. The van der Waals surface area contributed by atoms with E-state index in [0.717, 1.165) is 19.3 Å². The molecule has 1 heterocycles. The van der Waals surface area contributed by atoms with Crippen molar-refractivity contribution in [2.24, 2.45) is 5.92 Å². The zero-order chi connectivity index (χ0) is 8.55. The molecule has 0 aromatic carbocycles. The number of ketones is 1. The van der Waals surface area contributed by atoms with E-state index in [9.17, 15) is 4.79 Å². The van der Waals surface area contributed by atoms with Crippen molar-refractivity contribution >= 4 is 5.78 Å². The largest absolute Gasteiger partial charge is 0.303 e. The van der Waals surface area contributed by atoms with Crippen LogP contribution < -0.4 is 0 Å². The molecule has 0 aromatic heterocycles. The summed E-state index contributed by atoms with van der Waals surface area (Å²) >= 11 is 0. The van der Waals surface area contributed by atoms with Crippen LogP contribution in [0.1, 0.15) is 32.1 Å². The Morgan fingerprint density at radius 1 is 1.33 bits per heavy atom. The van der Waals surface area contributed by atoms with Crippen LogP contribution >= 0.6 is 0 Å². The lowest BCUT2D eigenvalue weighted by atomic mass is 9.95. The van der Waals surface area contributed by atoms with Gasteiger partial charge in [-0.15, -0.1) is 0 Å². The summed E-state index contributed by atoms with van der Waals surface area (Å²) in [5.74, 6) is 0.909. The maximum absolute atomic E-state index is 11.5. The number of likely N-dealkylation sites (tertiary alicyclic amines) is 1. The van der Waals surface area contributed by atoms with Crippen LogP contribution in [-0.4, -0.2) is 30.3 Å². The van der Waals surface area contributed by atoms with E-state index in [1.54, 1.807) is 0 Å². The molecule has 1 saturated heterocycles. The second-order valence-corrected chi connectivity index (χ2v) is 4.16. The first-order valence-electron chi connectivity index (χ1n) is 5.02. The molecule has 2 fully saturated rings. The van der Waals surface area contributed by atoms with Gasteiger partial charge in [0.05, 0.1) is 0 Å². The Balaban J connectivity index is 2.03. The molecule has 2 aliphatic rings. The van der Waals surface area contributed by atoms with Gasteiger partial charge in [-0.2, -0.15) is 0 Å². The highest BCUT2D eigenvalue weighted by Gasteiger charge is 2.36. The number of Topliss-reactive ketones (excluding diaryl/α,β-unsaturated/α-hetero) is 1. The van der Waals surface area contributed by atoms with E-state index in [0.29, 0.717) is 17.7 Å². The van der Waals surface area contributed by atoms with Crippen molar-refractivity contribution in [2.45, 2.75) is 38.1 Å². The SMILES string of the molecule is CN1CCCC1C1CCCC1=O. The van der Waals surface area contributed by atoms with Crippen molar-refractivity contribution in [3.8, 4) is 0 Å². The van der Waals surface area contributed by atoms with E-state index in [4.69, 9.17) is 0 Å². The van der Waals surface area contributed by atoms with Gasteiger partial charge in [-0.05, 0) is 39.3 Å². The number of rotatable bonds is 1. The summed E-state index contributed by atoms with van der Waals surface area (Å²) in [4.78, 5) is 13.8. The second kappa shape index (κ2) is 3.17. The molecule has 0 N–H and O–H groups in total. The van der Waals surface area contributed by atoms with E-state index in [1.807, 2.05) is 0 Å². The van der Waals surface area contributed by atoms with Crippen molar-refractivity contribution in [3.63, 3.8) is 0 Å². The average Bonchev–Trinajstić information content (AvgIpc) is 2.59. The molecule has 0 radical (unpaired) electrons. The highest BCUT2D eigenvalue weighted by atomic mass is 16.1. The summed E-state index contributed by atoms with van der Waals surface area (Å²) in [6, 6.07) is 0.583. The maximum atomic E-state index is 11.5. The minimum atomic E-state index is 0.387. The van der Waals surface area contributed by atoms with E-state index < -0.39 is 0 Å². The predicted molar refractivity (Wildman–Crippen MR) is 48.0 cm³/mol. The zero-order valence-corrected chi connectivity index (χ0v) is 7.75. The molecular formula is C10H17NO. The highest BCUT2D eigenvalue weighted by Crippen LogP contribution is 2.32. The smallest absolute Gasteiger partial charge is 0.137 e. The Kier molecular flexibility index (Phi) is 2.18. The molecule has 2 atom stereocenters. The highest BCUT2D eigenvalue weighted by molar-refractivity contribution is 5.83.